The molecule has 0 saturated carbocycles. The van der Waals surface area contributed by atoms with Crippen molar-refractivity contribution in [2.75, 3.05) is 40.9 Å². The molecule has 4 aromatic rings. The maximum atomic E-state index is 13.2. The molecule has 4 aromatic heterocycles. The maximum absolute atomic E-state index is 13.2. The van der Waals surface area contributed by atoms with Crippen LogP contribution in [0.5, 0.6) is 0 Å². The Hall–Kier alpha value is -6.04. The van der Waals surface area contributed by atoms with Gasteiger partial charge in [0.1, 0.15) is 22.8 Å². The average molecular weight is 764 g/mol. The van der Waals surface area contributed by atoms with Crippen molar-refractivity contribution in [2.24, 2.45) is 33.2 Å². The minimum atomic E-state index is -0.467. The first kappa shape index (κ1) is 36.2. The van der Waals surface area contributed by atoms with Crippen LogP contribution in [0.25, 0.3) is 0 Å². The molecule has 0 bridgehead atoms. The average Bonchev–Trinajstić information content (AvgIpc) is 3.89. The van der Waals surface area contributed by atoms with Crippen molar-refractivity contribution in [3.8, 4) is 0 Å². The third-order valence-corrected chi connectivity index (χ3v) is 8.21. The van der Waals surface area contributed by atoms with Gasteiger partial charge in [0.05, 0.1) is 33.8 Å². The fraction of sp³-hybridized carbons (Fsp3) is 0.273. The van der Waals surface area contributed by atoms with Gasteiger partial charge in [0.15, 0.2) is 5.96 Å². The quantitative estimate of drug-likeness (QED) is 0.107. The van der Waals surface area contributed by atoms with E-state index in [4.69, 9.17) is 0 Å². The zero-order valence-corrected chi connectivity index (χ0v) is 30.3. The number of aryl methyl sites for hydroxylation is 4. The number of anilines is 4. The standard InChI is InChI=1S/C33H39BrN12O5/c1-18(38-33-35-7-8-36-33)13-37-29(48)24-9-21(15-43(24)3)40-31(50)26-11-23(17-45(26)5)42-32(51)27-12-22(16-46(27)6)41-30(49)25-10-20(14-44(25)4)39-28(47)19(2)34/h9-12,14-18H,2,7-8,13H2,1,3-6H3,(H,37,48)(H,39,47)(H,40,50)(H,41,49)(H,42,51)(H2,35,36,38). The lowest BCUT2D eigenvalue weighted by molar-refractivity contribution is -0.112. The number of nitrogens with one attached hydrogen (secondary N) is 7. The van der Waals surface area contributed by atoms with E-state index in [1.807, 2.05) is 6.92 Å². The second kappa shape index (κ2) is 15.2. The monoisotopic (exact) mass is 762 g/mol. The summed E-state index contributed by atoms with van der Waals surface area (Å²) in [6.45, 7) is 7.33. The number of halogens is 1. The molecule has 1 unspecified atom stereocenters. The van der Waals surface area contributed by atoms with Crippen LogP contribution in [-0.2, 0) is 33.0 Å². The molecular formula is C33H39BrN12O5. The van der Waals surface area contributed by atoms with E-state index in [9.17, 15) is 24.0 Å². The third kappa shape index (κ3) is 8.77. The summed E-state index contributed by atoms with van der Waals surface area (Å²) in [6, 6.07) is 6.10. The number of amides is 5. The first-order chi connectivity index (χ1) is 24.2. The Balaban J connectivity index is 1.17. The second-order valence-electron chi connectivity index (χ2n) is 12.0. The SMILES string of the molecule is C=C(Br)C(=O)Nc1cc(C(=O)Nc2cc(C(=O)Nc3cc(C(=O)Nc4cc(C(=O)NCC(C)NC5=NCCN5)n(C)c4)n(C)c3)n(C)c2)n(C)c1. The van der Waals surface area contributed by atoms with E-state index in [-0.39, 0.29) is 33.5 Å². The summed E-state index contributed by atoms with van der Waals surface area (Å²) in [5, 5.41) is 20.2. The highest BCUT2D eigenvalue weighted by Gasteiger charge is 2.20. The van der Waals surface area contributed by atoms with E-state index in [1.165, 1.54) is 18.2 Å². The zero-order chi connectivity index (χ0) is 37.0. The fourth-order valence-corrected chi connectivity index (χ4v) is 5.43. The Morgan fingerprint density at radius 1 is 0.725 bits per heavy atom. The fourth-order valence-electron chi connectivity index (χ4n) is 5.33. The summed E-state index contributed by atoms with van der Waals surface area (Å²) in [5.41, 5.74) is 2.74. The minimum absolute atomic E-state index is 0.0498. The van der Waals surface area contributed by atoms with E-state index in [0.29, 0.717) is 47.5 Å². The van der Waals surface area contributed by atoms with Gasteiger partial charge in [-0.25, -0.2) is 0 Å². The summed E-state index contributed by atoms with van der Waals surface area (Å²) in [6.07, 6.45) is 6.41. The first-order valence-electron chi connectivity index (χ1n) is 15.8. The van der Waals surface area contributed by atoms with E-state index in [2.05, 4.69) is 64.7 Å². The lowest BCUT2D eigenvalue weighted by Gasteiger charge is -2.16. The number of hydrogen-bond acceptors (Lipinski definition) is 8. The number of nitrogens with zero attached hydrogens (tertiary/aromatic N) is 5. The van der Waals surface area contributed by atoms with Gasteiger partial charge in [-0.1, -0.05) is 6.58 Å². The molecule has 0 saturated heterocycles. The Labute approximate surface area is 301 Å². The Bertz CT molecular complexity index is 2070. The number of guanidine groups is 1. The summed E-state index contributed by atoms with van der Waals surface area (Å²) in [4.78, 5) is 68.5. The van der Waals surface area contributed by atoms with Gasteiger partial charge in [-0.3, -0.25) is 29.0 Å². The molecule has 0 fully saturated rings. The predicted octanol–water partition coefficient (Wildman–Crippen LogP) is 2.31. The van der Waals surface area contributed by atoms with Gasteiger partial charge in [0.2, 0.25) is 0 Å². The number of carbonyl (C=O) groups excluding carboxylic acids is 5. The molecule has 0 spiro atoms. The molecule has 0 aromatic carbocycles. The summed E-state index contributed by atoms with van der Waals surface area (Å²) in [7, 11) is 6.70. The molecule has 18 heteroatoms. The normalized spacial score (nSPS) is 12.7. The van der Waals surface area contributed by atoms with Gasteiger partial charge >= 0.3 is 0 Å². The molecule has 5 amide bonds. The molecule has 17 nitrogen and oxygen atoms in total. The molecule has 0 aliphatic carbocycles. The van der Waals surface area contributed by atoms with Crippen molar-refractivity contribution >= 4 is 74.2 Å². The van der Waals surface area contributed by atoms with Gasteiger partial charge in [-0.15, -0.1) is 0 Å². The van der Waals surface area contributed by atoms with Crippen LogP contribution in [0.1, 0.15) is 48.9 Å². The molecular weight excluding hydrogens is 724 g/mol. The van der Waals surface area contributed by atoms with Crippen LogP contribution in [-0.4, -0.2) is 79.4 Å². The number of aromatic nitrogens is 4. The minimum Gasteiger partial charge on any atom is -0.355 e. The molecule has 7 N–H and O–H groups in total. The Morgan fingerprint density at radius 2 is 1.12 bits per heavy atom. The van der Waals surface area contributed by atoms with E-state index in [0.717, 1.165) is 6.54 Å². The van der Waals surface area contributed by atoms with Gasteiger partial charge in [0.25, 0.3) is 29.5 Å². The van der Waals surface area contributed by atoms with Crippen LogP contribution in [0.2, 0.25) is 0 Å². The van der Waals surface area contributed by atoms with Gasteiger partial charge < -0.3 is 55.5 Å². The molecule has 5 heterocycles. The zero-order valence-electron chi connectivity index (χ0n) is 28.7. The molecule has 1 aliphatic rings. The summed E-state index contributed by atoms with van der Waals surface area (Å²) < 4.78 is 6.46. The van der Waals surface area contributed by atoms with E-state index < -0.39 is 23.6 Å². The van der Waals surface area contributed by atoms with Crippen LogP contribution >= 0.6 is 15.9 Å². The Kier molecular flexibility index (Phi) is 10.8. The topological polar surface area (TPSA) is 202 Å². The molecule has 5 rings (SSSR count). The van der Waals surface area contributed by atoms with Crippen molar-refractivity contribution < 1.29 is 24.0 Å². The third-order valence-electron chi connectivity index (χ3n) is 7.85. The van der Waals surface area contributed by atoms with E-state index >= 15 is 0 Å². The van der Waals surface area contributed by atoms with Crippen LogP contribution in [0.15, 0.2) is 65.1 Å². The number of aliphatic imine (C=N–C) groups is 1. The van der Waals surface area contributed by atoms with E-state index in [1.54, 1.807) is 77.3 Å². The molecule has 268 valence electrons. The van der Waals surface area contributed by atoms with Crippen molar-refractivity contribution in [1.82, 2.24) is 34.2 Å². The summed E-state index contributed by atoms with van der Waals surface area (Å²) >= 11 is 3.02. The highest BCUT2D eigenvalue weighted by atomic mass is 79.9. The number of hydrogen-bond donors (Lipinski definition) is 7. The molecule has 1 aliphatic heterocycles. The van der Waals surface area contributed by atoms with Crippen LogP contribution in [0.4, 0.5) is 22.7 Å². The number of carbonyl (C=O) groups is 5. The van der Waals surface area contributed by atoms with Gasteiger partial charge in [-0.2, -0.15) is 0 Å². The van der Waals surface area contributed by atoms with Gasteiger partial charge in [0, 0.05) is 72.1 Å². The summed E-state index contributed by atoms with van der Waals surface area (Å²) in [5.74, 6) is -1.38. The Morgan fingerprint density at radius 3 is 1.49 bits per heavy atom. The van der Waals surface area contributed by atoms with Crippen molar-refractivity contribution in [3.05, 3.63) is 82.9 Å². The molecule has 51 heavy (non-hydrogen) atoms. The predicted molar refractivity (Wildman–Crippen MR) is 197 cm³/mol. The lowest BCUT2D eigenvalue weighted by atomic mass is 10.3. The van der Waals surface area contributed by atoms with Crippen LogP contribution in [0.3, 0.4) is 0 Å². The highest BCUT2D eigenvalue weighted by molar-refractivity contribution is 9.12. The van der Waals surface area contributed by atoms with Gasteiger partial charge in [-0.05, 0) is 47.1 Å². The first-order valence-corrected chi connectivity index (χ1v) is 16.6. The number of rotatable bonds is 12. The van der Waals surface area contributed by atoms with Crippen molar-refractivity contribution in [2.45, 2.75) is 13.0 Å². The maximum Gasteiger partial charge on any atom is 0.272 e. The van der Waals surface area contributed by atoms with Crippen molar-refractivity contribution in [3.63, 3.8) is 0 Å². The molecule has 1 atom stereocenters. The highest BCUT2D eigenvalue weighted by Crippen LogP contribution is 2.21. The lowest BCUT2D eigenvalue weighted by Crippen LogP contribution is -2.45. The van der Waals surface area contributed by atoms with Crippen LogP contribution in [0, 0.1) is 0 Å². The van der Waals surface area contributed by atoms with Crippen molar-refractivity contribution in [1.29, 1.82) is 0 Å². The van der Waals surface area contributed by atoms with Crippen LogP contribution < -0.4 is 37.2 Å². The second-order valence-corrected chi connectivity index (χ2v) is 13.0. The smallest absolute Gasteiger partial charge is 0.272 e. The molecule has 0 radical (unpaired) electrons. The largest absolute Gasteiger partial charge is 0.355 e.